The van der Waals surface area contributed by atoms with Crippen molar-refractivity contribution >= 4 is 5.69 Å². The molecule has 0 bridgehead atoms. The minimum atomic E-state index is -0.336. The summed E-state index contributed by atoms with van der Waals surface area (Å²) in [5, 5.41) is 0. The topological polar surface area (TPSA) is 35.2 Å². The van der Waals surface area contributed by atoms with Gasteiger partial charge in [0.1, 0.15) is 18.2 Å². The summed E-state index contributed by atoms with van der Waals surface area (Å²) in [5.74, 6) is 0.393. The van der Waals surface area contributed by atoms with Crippen molar-refractivity contribution in [2.24, 2.45) is 0 Å². The molecule has 88 valence electrons. The molecule has 0 amide bonds. The number of anilines is 1. The molecule has 3 heteroatoms. The lowest BCUT2D eigenvalue weighted by atomic mass is 10.2. The van der Waals surface area contributed by atoms with Crippen LogP contribution in [0, 0.1) is 12.7 Å². The summed E-state index contributed by atoms with van der Waals surface area (Å²) in [7, 11) is 0. The van der Waals surface area contributed by atoms with Crippen LogP contribution in [0.15, 0.2) is 42.5 Å². The van der Waals surface area contributed by atoms with E-state index in [1.54, 1.807) is 12.1 Å². The zero-order valence-corrected chi connectivity index (χ0v) is 9.61. The van der Waals surface area contributed by atoms with Crippen LogP contribution < -0.4 is 10.5 Å². The monoisotopic (exact) mass is 231 g/mol. The lowest BCUT2D eigenvalue weighted by Crippen LogP contribution is -1.99. The maximum absolute atomic E-state index is 13.5. The van der Waals surface area contributed by atoms with Gasteiger partial charge in [-0.25, -0.2) is 4.39 Å². The molecule has 2 aromatic carbocycles. The second-order valence-electron chi connectivity index (χ2n) is 3.95. The zero-order chi connectivity index (χ0) is 12.3. The Kier molecular flexibility index (Phi) is 3.28. The molecule has 0 saturated heterocycles. The molecule has 0 atom stereocenters. The summed E-state index contributed by atoms with van der Waals surface area (Å²) < 4.78 is 18.9. The van der Waals surface area contributed by atoms with Gasteiger partial charge < -0.3 is 10.5 Å². The number of ether oxygens (including phenoxy) is 1. The molecule has 0 aromatic heterocycles. The van der Waals surface area contributed by atoms with Crippen LogP contribution in [0.3, 0.4) is 0 Å². The van der Waals surface area contributed by atoms with Crippen molar-refractivity contribution in [3.8, 4) is 5.75 Å². The van der Waals surface area contributed by atoms with Crippen molar-refractivity contribution in [1.82, 2.24) is 0 Å². The van der Waals surface area contributed by atoms with Crippen molar-refractivity contribution in [3.63, 3.8) is 0 Å². The van der Waals surface area contributed by atoms with Crippen molar-refractivity contribution < 1.29 is 9.13 Å². The van der Waals surface area contributed by atoms with Crippen LogP contribution in [0.25, 0.3) is 0 Å². The fraction of sp³-hybridized carbons (Fsp3) is 0.143. The third-order valence-corrected chi connectivity index (χ3v) is 2.49. The Morgan fingerprint density at radius 1 is 1.12 bits per heavy atom. The van der Waals surface area contributed by atoms with Gasteiger partial charge in [-0.3, -0.25) is 0 Å². The molecular weight excluding hydrogens is 217 g/mol. The first-order valence-electron chi connectivity index (χ1n) is 5.38. The SMILES string of the molecule is Cc1ccc(OCc2ccc(N)cc2F)cc1. The Labute approximate surface area is 99.8 Å². The van der Waals surface area contributed by atoms with Gasteiger partial charge in [0.2, 0.25) is 0 Å². The standard InChI is InChI=1S/C14H14FNO/c1-10-2-6-13(7-3-10)17-9-11-4-5-12(16)8-14(11)15/h2-8H,9,16H2,1H3. The number of nitrogens with two attached hydrogens (primary N) is 1. The summed E-state index contributed by atoms with van der Waals surface area (Å²) in [6.07, 6.45) is 0. The minimum Gasteiger partial charge on any atom is -0.489 e. The fourth-order valence-corrected chi connectivity index (χ4v) is 1.48. The van der Waals surface area contributed by atoms with E-state index >= 15 is 0 Å². The number of benzene rings is 2. The Morgan fingerprint density at radius 2 is 1.82 bits per heavy atom. The van der Waals surface area contributed by atoms with Gasteiger partial charge >= 0.3 is 0 Å². The maximum Gasteiger partial charge on any atom is 0.131 e. The van der Waals surface area contributed by atoms with Crippen molar-refractivity contribution in [2.75, 3.05) is 5.73 Å². The number of rotatable bonds is 3. The lowest BCUT2D eigenvalue weighted by molar-refractivity contribution is 0.300. The van der Waals surface area contributed by atoms with Crippen LogP contribution in [-0.2, 0) is 6.61 Å². The van der Waals surface area contributed by atoms with Crippen molar-refractivity contribution in [2.45, 2.75) is 13.5 Å². The molecule has 17 heavy (non-hydrogen) atoms. The molecule has 2 rings (SSSR count). The van der Waals surface area contributed by atoms with Crippen LogP contribution in [0.5, 0.6) is 5.75 Å². The van der Waals surface area contributed by atoms with Gasteiger partial charge in [0.25, 0.3) is 0 Å². The smallest absolute Gasteiger partial charge is 0.131 e. The number of nitrogen functional groups attached to an aromatic ring is 1. The largest absolute Gasteiger partial charge is 0.489 e. The van der Waals surface area contributed by atoms with E-state index in [1.807, 2.05) is 31.2 Å². The predicted octanol–water partition coefficient (Wildman–Crippen LogP) is 3.30. The van der Waals surface area contributed by atoms with Crippen LogP contribution in [0.1, 0.15) is 11.1 Å². The molecule has 0 unspecified atom stereocenters. The van der Waals surface area contributed by atoms with E-state index in [0.29, 0.717) is 11.3 Å². The van der Waals surface area contributed by atoms with Crippen LogP contribution in [-0.4, -0.2) is 0 Å². The normalized spacial score (nSPS) is 10.2. The predicted molar refractivity (Wildman–Crippen MR) is 66.3 cm³/mol. The molecule has 0 heterocycles. The van der Waals surface area contributed by atoms with Crippen molar-refractivity contribution in [3.05, 3.63) is 59.4 Å². The summed E-state index contributed by atoms with van der Waals surface area (Å²) in [6.45, 7) is 2.21. The van der Waals surface area contributed by atoms with E-state index in [4.69, 9.17) is 10.5 Å². The number of hydrogen-bond donors (Lipinski definition) is 1. The highest BCUT2D eigenvalue weighted by Crippen LogP contribution is 2.16. The molecule has 0 radical (unpaired) electrons. The van der Waals surface area contributed by atoms with Crippen LogP contribution >= 0.6 is 0 Å². The van der Waals surface area contributed by atoms with Crippen LogP contribution in [0.2, 0.25) is 0 Å². The number of aryl methyl sites for hydroxylation is 1. The van der Waals surface area contributed by atoms with Gasteiger partial charge in [-0.2, -0.15) is 0 Å². The lowest BCUT2D eigenvalue weighted by Gasteiger charge is -2.07. The quantitative estimate of drug-likeness (QED) is 0.822. The first kappa shape index (κ1) is 11.5. The minimum absolute atomic E-state index is 0.204. The Bertz CT molecular complexity index is 508. The summed E-state index contributed by atoms with van der Waals surface area (Å²) in [5.41, 5.74) is 7.55. The van der Waals surface area contributed by atoms with Crippen molar-refractivity contribution in [1.29, 1.82) is 0 Å². The molecular formula is C14H14FNO. The summed E-state index contributed by atoms with van der Waals surface area (Å²) >= 11 is 0. The highest BCUT2D eigenvalue weighted by molar-refractivity contribution is 5.40. The van der Waals surface area contributed by atoms with Gasteiger partial charge in [-0.05, 0) is 31.2 Å². The average molecular weight is 231 g/mol. The first-order chi connectivity index (χ1) is 8.15. The molecule has 2 nitrogen and oxygen atoms in total. The molecule has 0 fully saturated rings. The van der Waals surface area contributed by atoms with Gasteiger partial charge in [-0.1, -0.05) is 23.8 Å². The second-order valence-corrected chi connectivity index (χ2v) is 3.95. The van der Waals surface area contributed by atoms with Gasteiger partial charge in [0.05, 0.1) is 0 Å². The first-order valence-corrected chi connectivity index (χ1v) is 5.38. The highest BCUT2D eigenvalue weighted by Gasteiger charge is 2.03. The third-order valence-electron chi connectivity index (χ3n) is 2.49. The van der Waals surface area contributed by atoms with Gasteiger partial charge in [-0.15, -0.1) is 0 Å². The van der Waals surface area contributed by atoms with Crippen LogP contribution in [0.4, 0.5) is 10.1 Å². The maximum atomic E-state index is 13.5. The Balaban J connectivity index is 2.04. The van der Waals surface area contributed by atoms with Gasteiger partial charge in [0, 0.05) is 11.3 Å². The average Bonchev–Trinajstić information content (AvgIpc) is 2.30. The third kappa shape index (κ3) is 2.97. The Hall–Kier alpha value is -2.03. The van der Waals surface area contributed by atoms with E-state index in [-0.39, 0.29) is 12.4 Å². The van der Waals surface area contributed by atoms with E-state index in [9.17, 15) is 4.39 Å². The zero-order valence-electron chi connectivity index (χ0n) is 9.61. The van der Waals surface area contributed by atoms with E-state index < -0.39 is 0 Å². The molecule has 2 N–H and O–H groups in total. The fourth-order valence-electron chi connectivity index (χ4n) is 1.48. The molecule has 2 aromatic rings. The van der Waals surface area contributed by atoms with E-state index in [0.717, 1.165) is 11.3 Å². The van der Waals surface area contributed by atoms with E-state index in [1.165, 1.54) is 6.07 Å². The molecule has 0 aliphatic heterocycles. The highest BCUT2D eigenvalue weighted by atomic mass is 19.1. The van der Waals surface area contributed by atoms with E-state index in [2.05, 4.69) is 0 Å². The molecule has 0 spiro atoms. The molecule has 0 aliphatic carbocycles. The molecule has 0 saturated carbocycles. The number of halogens is 1. The summed E-state index contributed by atoms with van der Waals surface area (Å²) in [4.78, 5) is 0. The number of hydrogen-bond acceptors (Lipinski definition) is 2. The summed E-state index contributed by atoms with van der Waals surface area (Å²) in [6, 6.07) is 12.2. The van der Waals surface area contributed by atoms with Gasteiger partial charge in [0.15, 0.2) is 0 Å². The molecule has 0 aliphatic rings. The second kappa shape index (κ2) is 4.87. The Morgan fingerprint density at radius 3 is 2.47 bits per heavy atom.